The summed E-state index contributed by atoms with van der Waals surface area (Å²) in [5.74, 6) is 1.79. The molecule has 16 heavy (non-hydrogen) atoms. The highest BCUT2D eigenvalue weighted by Crippen LogP contribution is 2.31. The van der Waals surface area contributed by atoms with Crippen molar-refractivity contribution < 1.29 is 9.47 Å². The molecule has 3 nitrogen and oxygen atoms in total. The lowest BCUT2D eigenvalue weighted by Gasteiger charge is -2.14. The van der Waals surface area contributed by atoms with E-state index < -0.39 is 0 Å². The maximum absolute atomic E-state index is 5.43. The number of rotatable bonds is 6. The van der Waals surface area contributed by atoms with Crippen LogP contribution in [-0.4, -0.2) is 20.8 Å². The third kappa shape index (κ3) is 2.89. The van der Waals surface area contributed by atoms with Crippen LogP contribution in [0.4, 0.5) is 0 Å². The largest absolute Gasteiger partial charge is 0.496 e. The van der Waals surface area contributed by atoms with E-state index in [0.717, 1.165) is 36.6 Å². The maximum Gasteiger partial charge on any atom is 0.129 e. The first kappa shape index (κ1) is 12.8. The molecule has 1 N–H and O–H groups in total. The molecule has 0 atom stereocenters. The maximum atomic E-state index is 5.43. The molecule has 0 amide bonds. The minimum atomic E-state index is 0.835. The summed E-state index contributed by atoms with van der Waals surface area (Å²) in [5.41, 5.74) is 2.23. The van der Waals surface area contributed by atoms with Crippen LogP contribution in [0.3, 0.4) is 0 Å². The van der Waals surface area contributed by atoms with Gasteiger partial charge in [0.1, 0.15) is 11.5 Å². The van der Waals surface area contributed by atoms with Crippen molar-refractivity contribution in [1.29, 1.82) is 0 Å². The molecule has 0 saturated heterocycles. The summed E-state index contributed by atoms with van der Waals surface area (Å²) in [4.78, 5) is 0. The Hall–Kier alpha value is -1.22. The van der Waals surface area contributed by atoms with Gasteiger partial charge in [0.2, 0.25) is 0 Å². The SMILES string of the molecule is CCCNCc1ccc(OC)c(C)c1OC. The first-order valence-corrected chi connectivity index (χ1v) is 5.65. The molecule has 0 bridgehead atoms. The molecular formula is C13H21NO2. The van der Waals surface area contributed by atoms with Crippen LogP contribution in [0.2, 0.25) is 0 Å². The van der Waals surface area contributed by atoms with Crippen LogP contribution in [0.15, 0.2) is 12.1 Å². The molecule has 0 heterocycles. The van der Waals surface area contributed by atoms with E-state index in [1.807, 2.05) is 19.1 Å². The van der Waals surface area contributed by atoms with E-state index in [2.05, 4.69) is 12.2 Å². The zero-order valence-corrected chi connectivity index (χ0v) is 10.6. The zero-order chi connectivity index (χ0) is 12.0. The Morgan fingerprint density at radius 3 is 2.50 bits per heavy atom. The first-order chi connectivity index (χ1) is 7.74. The highest BCUT2D eigenvalue weighted by Gasteiger charge is 2.10. The topological polar surface area (TPSA) is 30.5 Å². The van der Waals surface area contributed by atoms with Crippen molar-refractivity contribution in [3.63, 3.8) is 0 Å². The molecule has 90 valence electrons. The molecule has 0 aromatic heterocycles. The molecule has 0 aliphatic rings. The molecule has 1 aromatic carbocycles. The highest BCUT2D eigenvalue weighted by atomic mass is 16.5. The highest BCUT2D eigenvalue weighted by molar-refractivity contribution is 5.49. The molecular weight excluding hydrogens is 202 g/mol. The van der Waals surface area contributed by atoms with E-state index in [9.17, 15) is 0 Å². The van der Waals surface area contributed by atoms with Gasteiger partial charge in [-0.05, 0) is 26.0 Å². The summed E-state index contributed by atoms with van der Waals surface area (Å²) in [7, 11) is 3.38. The van der Waals surface area contributed by atoms with Crippen molar-refractivity contribution >= 4 is 0 Å². The molecule has 1 rings (SSSR count). The molecule has 1 aromatic rings. The summed E-state index contributed by atoms with van der Waals surface area (Å²) < 4.78 is 10.7. The number of benzene rings is 1. The normalized spacial score (nSPS) is 10.2. The lowest BCUT2D eigenvalue weighted by Crippen LogP contribution is -2.14. The van der Waals surface area contributed by atoms with Gasteiger partial charge < -0.3 is 14.8 Å². The second kappa shape index (κ2) is 6.38. The summed E-state index contributed by atoms with van der Waals surface area (Å²) in [6.45, 7) is 6.03. The van der Waals surface area contributed by atoms with Gasteiger partial charge in [0.15, 0.2) is 0 Å². The van der Waals surface area contributed by atoms with Gasteiger partial charge in [0, 0.05) is 17.7 Å². The molecule has 0 unspecified atom stereocenters. The van der Waals surface area contributed by atoms with E-state index >= 15 is 0 Å². The van der Waals surface area contributed by atoms with Crippen LogP contribution >= 0.6 is 0 Å². The Labute approximate surface area is 97.8 Å². The van der Waals surface area contributed by atoms with E-state index in [1.165, 1.54) is 5.56 Å². The van der Waals surface area contributed by atoms with E-state index in [4.69, 9.17) is 9.47 Å². The molecule has 0 aliphatic carbocycles. The van der Waals surface area contributed by atoms with E-state index in [1.54, 1.807) is 14.2 Å². The molecule has 0 spiro atoms. The first-order valence-electron chi connectivity index (χ1n) is 5.65. The Bertz CT molecular complexity index is 337. The summed E-state index contributed by atoms with van der Waals surface area (Å²) in [6, 6.07) is 4.04. The molecule has 0 radical (unpaired) electrons. The van der Waals surface area contributed by atoms with Gasteiger partial charge in [-0.1, -0.05) is 13.0 Å². The van der Waals surface area contributed by atoms with E-state index in [0.29, 0.717) is 0 Å². The Balaban J connectivity index is 2.88. The van der Waals surface area contributed by atoms with Crippen LogP contribution in [0, 0.1) is 6.92 Å². The van der Waals surface area contributed by atoms with Gasteiger partial charge in [-0.15, -0.1) is 0 Å². The molecule has 0 fully saturated rings. The Morgan fingerprint density at radius 2 is 1.94 bits per heavy atom. The van der Waals surface area contributed by atoms with Gasteiger partial charge >= 0.3 is 0 Å². The van der Waals surface area contributed by atoms with Gasteiger partial charge in [0.25, 0.3) is 0 Å². The fraction of sp³-hybridized carbons (Fsp3) is 0.538. The number of hydrogen-bond donors (Lipinski definition) is 1. The van der Waals surface area contributed by atoms with Crippen LogP contribution < -0.4 is 14.8 Å². The van der Waals surface area contributed by atoms with Gasteiger partial charge in [-0.25, -0.2) is 0 Å². The van der Waals surface area contributed by atoms with Crippen molar-refractivity contribution in [2.45, 2.75) is 26.8 Å². The third-order valence-electron chi connectivity index (χ3n) is 2.60. The average molecular weight is 223 g/mol. The Kier molecular flexibility index (Phi) is 5.12. The number of nitrogens with one attached hydrogen (secondary N) is 1. The summed E-state index contributed by atoms with van der Waals surface area (Å²) >= 11 is 0. The lowest BCUT2D eigenvalue weighted by molar-refractivity contribution is 0.384. The predicted molar refractivity (Wildman–Crippen MR) is 66.3 cm³/mol. The monoisotopic (exact) mass is 223 g/mol. The Morgan fingerprint density at radius 1 is 1.19 bits per heavy atom. The predicted octanol–water partition coefficient (Wildman–Crippen LogP) is 2.51. The number of hydrogen-bond acceptors (Lipinski definition) is 3. The smallest absolute Gasteiger partial charge is 0.129 e. The van der Waals surface area contributed by atoms with Crippen LogP contribution in [0.1, 0.15) is 24.5 Å². The van der Waals surface area contributed by atoms with E-state index in [-0.39, 0.29) is 0 Å². The minimum absolute atomic E-state index is 0.835. The fourth-order valence-electron chi connectivity index (χ4n) is 1.77. The van der Waals surface area contributed by atoms with Crippen molar-refractivity contribution in [1.82, 2.24) is 5.32 Å². The quantitative estimate of drug-likeness (QED) is 0.752. The van der Waals surface area contributed by atoms with Crippen LogP contribution in [0.25, 0.3) is 0 Å². The fourth-order valence-corrected chi connectivity index (χ4v) is 1.77. The third-order valence-corrected chi connectivity index (χ3v) is 2.60. The second-order valence-corrected chi connectivity index (χ2v) is 3.76. The zero-order valence-electron chi connectivity index (χ0n) is 10.6. The lowest BCUT2D eigenvalue weighted by atomic mass is 10.1. The van der Waals surface area contributed by atoms with Crippen molar-refractivity contribution in [3.8, 4) is 11.5 Å². The standard InChI is InChI=1S/C13H21NO2/c1-5-8-14-9-11-6-7-12(15-3)10(2)13(11)16-4/h6-7,14H,5,8-9H2,1-4H3. The van der Waals surface area contributed by atoms with Gasteiger partial charge in [0.05, 0.1) is 14.2 Å². The molecule has 3 heteroatoms. The average Bonchev–Trinajstić information content (AvgIpc) is 2.30. The second-order valence-electron chi connectivity index (χ2n) is 3.76. The molecule has 0 saturated carbocycles. The van der Waals surface area contributed by atoms with Gasteiger partial charge in [-0.3, -0.25) is 0 Å². The number of ether oxygens (including phenoxy) is 2. The van der Waals surface area contributed by atoms with Crippen LogP contribution in [-0.2, 0) is 6.54 Å². The molecule has 0 aliphatic heterocycles. The van der Waals surface area contributed by atoms with Crippen molar-refractivity contribution in [3.05, 3.63) is 23.3 Å². The van der Waals surface area contributed by atoms with Crippen molar-refractivity contribution in [2.75, 3.05) is 20.8 Å². The minimum Gasteiger partial charge on any atom is -0.496 e. The number of methoxy groups -OCH3 is 2. The van der Waals surface area contributed by atoms with Gasteiger partial charge in [-0.2, -0.15) is 0 Å². The summed E-state index contributed by atoms with van der Waals surface area (Å²) in [5, 5.41) is 3.37. The van der Waals surface area contributed by atoms with Crippen LogP contribution in [0.5, 0.6) is 11.5 Å². The summed E-state index contributed by atoms with van der Waals surface area (Å²) in [6.07, 6.45) is 1.14. The van der Waals surface area contributed by atoms with Crippen molar-refractivity contribution in [2.24, 2.45) is 0 Å².